The Kier molecular flexibility index (Phi) is 5.76. The lowest BCUT2D eigenvalue weighted by Gasteiger charge is -2.17. The Bertz CT molecular complexity index is 699. The molecule has 0 fully saturated rings. The molecule has 6 nitrogen and oxygen atoms in total. The van der Waals surface area contributed by atoms with Gasteiger partial charge in [-0.15, -0.1) is 0 Å². The van der Waals surface area contributed by atoms with Crippen LogP contribution in [0.2, 0.25) is 5.02 Å². The lowest BCUT2D eigenvalue weighted by Crippen LogP contribution is -2.35. The van der Waals surface area contributed by atoms with Crippen molar-refractivity contribution in [3.63, 3.8) is 0 Å². The zero-order valence-electron chi connectivity index (χ0n) is 12.7. The van der Waals surface area contributed by atoms with E-state index in [-0.39, 0.29) is 18.9 Å². The third-order valence-corrected chi connectivity index (χ3v) is 3.64. The molecule has 0 spiro atoms. The molecule has 0 aliphatic carbocycles. The second-order valence-corrected chi connectivity index (χ2v) is 5.31. The Balaban J connectivity index is 1.98. The molecule has 1 heterocycles. The molecule has 0 bridgehead atoms. The van der Waals surface area contributed by atoms with Crippen molar-refractivity contribution in [2.45, 2.75) is 19.8 Å². The van der Waals surface area contributed by atoms with E-state index in [2.05, 4.69) is 4.98 Å². The molecule has 0 aliphatic heterocycles. The monoisotopic (exact) mass is 336 g/mol. The number of carbonyl (C=O) groups excluding carboxylic acids is 1. The minimum atomic E-state index is -1.03. The minimum Gasteiger partial charge on any atom is -0.480 e. The molecule has 23 heavy (non-hydrogen) atoms. The summed E-state index contributed by atoms with van der Waals surface area (Å²) in [6.45, 7) is 1.79. The summed E-state index contributed by atoms with van der Waals surface area (Å²) < 4.78 is 5.61. The van der Waals surface area contributed by atoms with Crippen molar-refractivity contribution < 1.29 is 19.1 Å². The number of rotatable bonds is 7. The summed E-state index contributed by atoms with van der Waals surface area (Å²) in [5.41, 5.74) is 0.736. The van der Waals surface area contributed by atoms with Gasteiger partial charge in [0, 0.05) is 24.9 Å². The second kappa shape index (κ2) is 7.78. The summed E-state index contributed by atoms with van der Waals surface area (Å²) in [5.74, 6) is -0.319. The maximum atomic E-state index is 12.0. The van der Waals surface area contributed by atoms with E-state index in [9.17, 15) is 9.59 Å². The summed E-state index contributed by atoms with van der Waals surface area (Å²) in [4.78, 5) is 28.1. The average Bonchev–Trinajstić information content (AvgIpc) is 2.99. The molecule has 0 radical (unpaired) electrons. The number of carboxylic acids is 1. The van der Waals surface area contributed by atoms with Gasteiger partial charge in [0.05, 0.1) is 11.2 Å². The average molecular weight is 337 g/mol. The predicted molar refractivity (Wildman–Crippen MR) is 85.2 cm³/mol. The van der Waals surface area contributed by atoms with Crippen LogP contribution in [-0.4, -0.2) is 40.0 Å². The molecule has 0 saturated carbocycles. The molecule has 7 heteroatoms. The first-order valence-electron chi connectivity index (χ1n) is 7.20. The number of halogens is 1. The van der Waals surface area contributed by atoms with Crippen LogP contribution in [-0.2, 0) is 16.0 Å². The summed E-state index contributed by atoms with van der Waals surface area (Å²) >= 11 is 6.10. The van der Waals surface area contributed by atoms with Gasteiger partial charge in [0.25, 0.3) is 0 Å². The molecule has 1 N–H and O–H groups in total. The SMILES string of the molecule is CCN(CC(=O)O)C(=O)CCc1ncc(-c2ccccc2Cl)o1. The number of likely N-dealkylation sites (N-methyl/N-ethyl adjacent to an activating group) is 1. The molecule has 1 amide bonds. The topological polar surface area (TPSA) is 83.6 Å². The molecule has 1 aromatic carbocycles. The number of carbonyl (C=O) groups is 2. The van der Waals surface area contributed by atoms with Gasteiger partial charge in [0.15, 0.2) is 11.7 Å². The largest absolute Gasteiger partial charge is 0.480 e. The Morgan fingerprint density at radius 2 is 2.09 bits per heavy atom. The van der Waals surface area contributed by atoms with Crippen molar-refractivity contribution >= 4 is 23.5 Å². The molecule has 0 saturated heterocycles. The van der Waals surface area contributed by atoms with Crippen molar-refractivity contribution in [3.8, 4) is 11.3 Å². The molecular weight excluding hydrogens is 320 g/mol. The Hall–Kier alpha value is -2.34. The van der Waals surface area contributed by atoms with E-state index in [0.717, 1.165) is 5.56 Å². The first kappa shape index (κ1) is 17.0. The second-order valence-electron chi connectivity index (χ2n) is 4.90. The molecule has 2 aromatic rings. The Morgan fingerprint density at radius 3 is 2.74 bits per heavy atom. The number of oxazole rings is 1. The van der Waals surface area contributed by atoms with Crippen LogP contribution in [0.3, 0.4) is 0 Å². The third kappa shape index (κ3) is 4.56. The lowest BCUT2D eigenvalue weighted by molar-refractivity contribution is -0.144. The van der Waals surface area contributed by atoms with Crippen LogP contribution in [0.4, 0.5) is 0 Å². The maximum absolute atomic E-state index is 12.0. The van der Waals surface area contributed by atoms with Crippen molar-refractivity contribution in [1.29, 1.82) is 0 Å². The highest BCUT2D eigenvalue weighted by Crippen LogP contribution is 2.28. The van der Waals surface area contributed by atoms with Gasteiger partial charge < -0.3 is 14.4 Å². The van der Waals surface area contributed by atoms with Crippen molar-refractivity contribution in [3.05, 3.63) is 41.4 Å². The van der Waals surface area contributed by atoms with E-state index in [4.69, 9.17) is 21.1 Å². The number of aromatic nitrogens is 1. The summed E-state index contributed by atoms with van der Waals surface area (Å²) in [7, 11) is 0. The van der Waals surface area contributed by atoms with Gasteiger partial charge >= 0.3 is 5.97 Å². The Labute approximate surface area is 138 Å². The minimum absolute atomic E-state index is 0.142. The van der Waals surface area contributed by atoms with Gasteiger partial charge in [0.1, 0.15) is 6.54 Å². The number of nitrogens with zero attached hydrogens (tertiary/aromatic N) is 2. The summed E-state index contributed by atoms with van der Waals surface area (Å²) in [6.07, 6.45) is 2.01. The van der Waals surface area contributed by atoms with Gasteiger partial charge in [-0.25, -0.2) is 4.98 Å². The van der Waals surface area contributed by atoms with Gasteiger partial charge in [-0.3, -0.25) is 9.59 Å². The van der Waals surface area contributed by atoms with Gasteiger partial charge in [-0.2, -0.15) is 0 Å². The lowest BCUT2D eigenvalue weighted by atomic mass is 10.2. The number of benzene rings is 1. The van der Waals surface area contributed by atoms with Gasteiger partial charge in [-0.05, 0) is 19.1 Å². The normalized spacial score (nSPS) is 10.5. The highest BCUT2D eigenvalue weighted by atomic mass is 35.5. The van der Waals surface area contributed by atoms with E-state index in [0.29, 0.717) is 29.6 Å². The quantitative estimate of drug-likeness (QED) is 0.840. The smallest absolute Gasteiger partial charge is 0.323 e. The number of hydrogen-bond acceptors (Lipinski definition) is 4. The first-order valence-corrected chi connectivity index (χ1v) is 7.58. The number of hydrogen-bond donors (Lipinski definition) is 1. The standard InChI is InChI=1S/C16H17ClN2O4/c1-2-19(10-16(21)22)15(20)8-7-14-18-9-13(23-14)11-5-3-4-6-12(11)17/h3-6,9H,2,7-8,10H2,1H3,(H,21,22). The number of aliphatic carboxylic acids is 1. The Morgan fingerprint density at radius 1 is 1.35 bits per heavy atom. The maximum Gasteiger partial charge on any atom is 0.323 e. The van der Waals surface area contributed by atoms with E-state index in [1.54, 1.807) is 19.2 Å². The van der Waals surface area contributed by atoms with E-state index in [1.165, 1.54) is 4.90 Å². The van der Waals surface area contributed by atoms with Crippen molar-refractivity contribution in [2.75, 3.05) is 13.1 Å². The van der Waals surface area contributed by atoms with Crippen LogP contribution >= 0.6 is 11.6 Å². The van der Waals surface area contributed by atoms with E-state index in [1.807, 2.05) is 18.2 Å². The summed E-state index contributed by atoms with van der Waals surface area (Å²) in [6, 6.07) is 7.25. The number of aryl methyl sites for hydroxylation is 1. The molecule has 0 unspecified atom stereocenters. The van der Waals surface area contributed by atoms with E-state index < -0.39 is 5.97 Å². The van der Waals surface area contributed by atoms with E-state index >= 15 is 0 Å². The van der Waals surface area contributed by atoms with Crippen LogP contribution in [0.5, 0.6) is 0 Å². The van der Waals surface area contributed by atoms with Gasteiger partial charge in [0.2, 0.25) is 5.91 Å². The van der Waals surface area contributed by atoms with Crippen molar-refractivity contribution in [1.82, 2.24) is 9.88 Å². The van der Waals surface area contributed by atoms with Gasteiger partial charge in [-0.1, -0.05) is 23.7 Å². The third-order valence-electron chi connectivity index (χ3n) is 3.31. The fourth-order valence-corrected chi connectivity index (χ4v) is 2.35. The van der Waals surface area contributed by atoms with Crippen LogP contribution < -0.4 is 0 Å². The molecule has 1 aromatic heterocycles. The fourth-order valence-electron chi connectivity index (χ4n) is 2.12. The fraction of sp³-hybridized carbons (Fsp3) is 0.312. The molecule has 0 aliphatic rings. The van der Waals surface area contributed by atoms with Crippen LogP contribution in [0.25, 0.3) is 11.3 Å². The molecule has 0 atom stereocenters. The molecule has 122 valence electrons. The number of amides is 1. The highest BCUT2D eigenvalue weighted by Gasteiger charge is 2.16. The molecular formula is C16H17ClN2O4. The van der Waals surface area contributed by atoms with Crippen molar-refractivity contribution in [2.24, 2.45) is 0 Å². The predicted octanol–water partition coefficient (Wildman–Crippen LogP) is 2.86. The van der Waals surface area contributed by atoms with Crippen LogP contribution in [0.15, 0.2) is 34.9 Å². The van der Waals surface area contributed by atoms with Crippen LogP contribution in [0, 0.1) is 0 Å². The zero-order chi connectivity index (χ0) is 16.8. The van der Waals surface area contributed by atoms with Crippen LogP contribution in [0.1, 0.15) is 19.2 Å². The summed E-state index contributed by atoms with van der Waals surface area (Å²) in [5, 5.41) is 9.33. The first-order chi connectivity index (χ1) is 11.0. The highest BCUT2D eigenvalue weighted by molar-refractivity contribution is 6.33. The molecule has 2 rings (SSSR count). The zero-order valence-corrected chi connectivity index (χ0v) is 13.4. The number of carboxylic acid groups (broad SMARTS) is 1.